The van der Waals surface area contributed by atoms with Crippen molar-refractivity contribution >= 4 is 33.8 Å². The summed E-state index contributed by atoms with van der Waals surface area (Å²) >= 11 is -2.59. The first kappa shape index (κ1) is 27.7. The second-order valence-corrected chi connectivity index (χ2v) is 11.1. The number of ether oxygens (including phenoxy) is 1. The SMILES string of the molecule is CNC(=O)c1c(-c2ccc(F)cc2)oc2cc(N(Cc3ccc(OCc4ccccc4)cc3)S(=O)[O-])c(C3CC3)cc12. The maximum absolute atomic E-state index is 13.6. The predicted molar refractivity (Wildman–Crippen MR) is 159 cm³/mol. The topological polar surface area (TPSA) is 94.8 Å². The highest BCUT2D eigenvalue weighted by Crippen LogP contribution is 2.48. The van der Waals surface area contributed by atoms with Gasteiger partial charge in [-0.15, -0.1) is 0 Å². The van der Waals surface area contributed by atoms with Crippen LogP contribution in [0.2, 0.25) is 0 Å². The highest BCUT2D eigenvalue weighted by molar-refractivity contribution is 7.80. The molecule has 0 spiro atoms. The summed E-state index contributed by atoms with van der Waals surface area (Å²) in [4.78, 5) is 13.0. The Balaban J connectivity index is 1.34. The lowest BCUT2D eigenvalue weighted by Gasteiger charge is -2.29. The molecule has 0 bridgehead atoms. The highest BCUT2D eigenvalue weighted by Gasteiger charge is 2.31. The summed E-state index contributed by atoms with van der Waals surface area (Å²) in [5, 5.41) is 3.24. The summed E-state index contributed by atoms with van der Waals surface area (Å²) in [6.07, 6.45) is 1.84. The van der Waals surface area contributed by atoms with Gasteiger partial charge < -0.3 is 19.0 Å². The molecule has 1 atom stereocenters. The van der Waals surface area contributed by atoms with Crippen LogP contribution in [0.5, 0.6) is 5.75 Å². The lowest BCUT2D eigenvalue weighted by molar-refractivity contribution is 0.0964. The quantitative estimate of drug-likeness (QED) is 0.181. The summed E-state index contributed by atoms with van der Waals surface area (Å²) in [6, 6.07) is 26.4. The summed E-state index contributed by atoms with van der Waals surface area (Å²) in [5.41, 5.74) is 4.42. The molecule has 9 heteroatoms. The van der Waals surface area contributed by atoms with E-state index in [0.717, 1.165) is 29.5 Å². The standard InChI is InChI=1S/C33H29FN2O5S/c1-35-33(37)31-28-17-27(23-9-10-23)29(18-30(28)41-32(31)24-11-13-25(34)14-12-24)36(42(38)39)19-21-7-15-26(16-8-21)40-20-22-5-3-2-4-6-22/h2-8,11-18,23H,9-10,19-20H2,1H3,(H,35,37)(H,38,39)/p-1. The molecule has 5 aromatic rings. The average Bonchev–Trinajstić information content (AvgIpc) is 3.79. The Hall–Kier alpha value is -4.47. The number of anilines is 1. The number of fused-ring (bicyclic) bond motifs is 1. The van der Waals surface area contributed by atoms with E-state index in [9.17, 15) is 17.9 Å². The normalized spacial score (nSPS) is 13.6. The van der Waals surface area contributed by atoms with Crippen LogP contribution >= 0.6 is 0 Å². The maximum Gasteiger partial charge on any atom is 0.255 e. The fraction of sp³-hybridized carbons (Fsp3) is 0.182. The number of nitrogens with zero attached hydrogens (tertiary/aromatic N) is 1. The summed E-state index contributed by atoms with van der Waals surface area (Å²) in [5.74, 6) is 0.401. The number of nitrogens with one attached hydrogen (secondary N) is 1. The van der Waals surface area contributed by atoms with Crippen molar-refractivity contribution in [3.63, 3.8) is 0 Å². The van der Waals surface area contributed by atoms with E-state index in [1.54, 1.807) is 18.2 Å². The molecule has 42 heavy (non-hydrogen) atoms. The molecule has 0 saturated heterocycles. The first-order valence-electron chi connectivity index (χ1n) is 13.6. The molecule has 4 aromatic carbocycles. The van der Waals surface area contributed by atoms with Crippen molar-refractivity contribution < 1.29 is 27.1 Å². The van der Waals surface area contributed by atoms with Crippen molar-refractivity contribution in [2.75, 3.05) is 11.4 Å². The van der Waals surface area contributed by atoms with E-state index in [-0.39, 0.29) is 18.4 Å². The zero-order valence-corrected chi connectivity index (χ0v) is 23.7. The second-order valence-electron chi connectivity index (χ2n) is 10.2. The number of hydrogen-bond donors (Lipinski definition) is 1. The number of benzene rings is 4. The zero-order valence-electron chi connectivity index (χ0n) is 22.8. The van der Waals surface area contributed by atoms with Gasteiger partial charge in [0.1, 0.15) is 29.5 Å². The van der Waals surface area contributed by atoms with Crippen LogP contribution in [0, 0.1) is 5.82 Å². The number of furan rings is 1. The molecule has 0 aliphatic heterocycles. The van der Waals surface area contributed by atoms with Gasteiger partial charge in [0, 0.05) is 35.3 Å². The largest absolute Gasteiger partial charge is 0.755 e. The van der Waals surface area contributed by atoms with E-state index in [1.165, 1.54) is 23.5 Å². The Bertz CT molecular complexity index is 1750. The smallest absolute Gasteiger partial charge is 0.255 e. The van der Waals surface area contributed by atoms with Crippen LogP contribution in [0.4, 0.5) is 10.1 Å². The lowest BCUT2D eigenvalue weighted by Crippen LogP contribution is -2.26. The first-order valence-corrected chi connectivity index (χ1v) is 14.7. The maximum atomic E-state index is 13.6. The summed E-state index contributed by atoms with van der Waals surface area (Å²) in [7, 11) is 1.53. The van der Waals surface area contributed by atoms with Crippen molar-refractivity contribution in [2.45, 2.75) is 31.9 Å². The molecule has 1 saturated carbocycles. The Morgan fingerprint density at radius 2 is 1.74 bits per heavy atom. The molecule has 1 amide bonds. The van der Waals surface area contributed by atoms with Crippen LogP contribution in [0.15, 0.2) is 95.4 Å². The van der Waals surface area contributed by atoms with Crippen LogP contribution < -0.4 is 14.4 Å². The van der Waals surface area contributed by atoms with E-state index >= 15 is 0 Å². The third-order valence-corrected chi connectivity index (χ3v) is 8.05. The zero-order chi connectivity index (χ0) is 29.2. The molecule has 1 unspecified atom stereocenters. The van der Waals surface area contributed by atoms with E-state index in [0.29, 0.717) is 45.9 Å². The number of carbonyl (C=O) groups excluding carboxylic acids is 1. The average molecular weight is 584 g/mol. The van der Waals surface area contributed by atoms with Gasteiger partial charge in [0.05, 0.1) is 17.8 Å². The molecule has 1 N–H and O–H groups in total. The Morgan fingerprint density at radius 3 is 2.38 bits per heavy atom. The van der Waals surface area contributed by atoms with Gasteiger partial charge >= 0.3 is 0 Å². The van der Waals surface area contributed by atoms with Gasteiger partial charge in [-0.05, 0) is 77.9 Å². The minimum absolute atomic E-state index is 0.105. The molecule has 1 aliphatic rings. The van der Waals surface area contributed by atoms with Crippen LogP contribution in [0.1, 0.15) is 45.8 Å². The van der Waals surface area contributed by atoms with E-state index in [1.807, 2.05) is 60.7 Å². The minimum Gasteiger partial charge on any atom is -0.755 e. The van der Waals surface area contributed by atoms with Crippen LogP contribution in [0.3, 0.4) is 0 Å². The lowest BCUT2D eigenvalue weighted by atomic mass is 10.00. The number of hydrogen-bond acceptors (Lipinski definition) is 5. The van der Waals surface area contributed by atoms with Crippen molar-refractivity contribution in [3.05, 3.63) is 119 Å². The van der Waals surface area contributed by atoms with Gasteiger partial charge in [-0.25, -0.2) is 4.39 Å². The van der Waals surface area contributed by atoms with E-state index in [4.69, 9.17) is 9.15 Å². The number of carbonyl (C=O) groups is 1. The minimum atomic E-state index is -2.59. The summed E-state index contributed by atoms with van der Waals surface area (Å²) in [6.45, 7) is 0.539. The highest BCUT2D eigenvalue weighted by atomic mass is 32.2. The summed E-state index contributed by atoms with van der Waals surface area (Å²) < 4.78 is 52.2. The first-order chi connectivity index (χ1) is 20.4. The molecule has 1 heterocycles. The van der Waals surface area contributed by atoms with Gasteiger partial charge in [-0.2, -0.15) is 0 Å². The fourth-order valence-electron chi connectivity index (χ4n) is 5.06. The third kappa shape index (κ3) is 5.79. The molecular formula is C33H28FN2O5S-. The Labute approximate surface area is 245 Å². The second kappa shape index (κ2) is 11.8. The molecule has 6 rings (SSSR count). The van der Waals surface area contributed by atoms with E-state index < -0.39 is 17.1 Å². The van der Waals surface area contributed by atoms with Crippen molar-refractivity contribution in [1.29, 1.82) is 0 Å². The molecular weight excluding hydrogens is 555 g/mol. The predicted octanol–water partition coefficient (Wildman–Crippen LogP) is 6.86. The van der Waals surface area contributed by atoms with Crippen LogP contribution in [-0.2, 0) is 24.4 Å². The number of rotatable bonds is 10. The number of halogens is 1. The van der Waals surface area contributed by atoms with Crippen LogP contribution in [0.25, 0.3) is 22.3 Å². The molecule has 7 nitrogen and oxygen atoms in total. The van der Waals surface area contributed by atoms with Gasteiger partial charge in [-0.1, -0.05) is 42.5 Å². The fourth-order valence-corrected chi connectivity index (χ4v) is 5.63. The molecule has 214 valence electrons. The molecule has 1 aromatic heterocycles. The molecule has 1 aliphatic carbocycles. The van der Waals surface area contributed by atoms with Crippen molar-refractivity contribution in [2.24, 2.45) is 0 Å². The van der Waals surface area contributed by atoms with Crippen molar-refractivity contribution in [3.8, 4) is 17.1 Å². The van der Waals surface area contributed by atoms with Gasteiger partial charge in [-0.3, -0.25) is 13.3 Å². The van der Waals surface area contributed by atoms with Gasteiger partial charge in [0.15, 0.2) is 0 Å². The Morgan fingerprint density at radius 1 is 1.02 bits per heavy atom. The molecule has 0 radical (unpaired) electrons. The van der Waals surface area contributed by atoms with Gasteiger partial charge in [0.25, 0.3) is 5.91 Å². The number of amides is 1. The monoisotopic (exact) mass is 583 g/mol. The van der Waals surface area contributed by atoms with Gasteiger partial charge in [0.2, 0.25) is 0 Å². The Kier molecular flexibility index (Phi) is 7.78. The van der Waals surface area contributed by atoms with Crippen LogP contribution in [-0.4, -0.2) is 21.7 Å². The van der Waals surface area contributed by atoms with E-state index in [2.05, 4.69) is 5.32 Å². The third-order valence-electron chi connectivity index (χ3n) is 7.36. The van der Waals surface area contributed by atoms with Crippen molar-refractivity contribution in [1.82, 2.24) is 5.32 Å². The molecule has 1 fully saturated rings.